The molecule has 8 bridgehead atoms. The summed E-state index contributed by atoms with van der Waals surface area (Å²) in [6, 6.07) is -1.10. The summed E-state index contributed by atoms with van der Waals surface area (Å²) in [6.07, 6.45) is -6.50. The van der Waals surface area contributed by atoms with Gasteiger partial charge in [0.15, 0.2) is 17.4 Å². The fraction of sp³-hybridized carbons (Fsp3) is 0.638. The molecule has 16 unspecified atom stereocenters. The lowest BCUT2D eigenvalue weighted by molar-refractivity contribution is -0.124. The third kappa shape index (κ3) is 14.1. The van der Waals surface area contributed by atoms with E-state index in [0.717, 1.165) is 10.9 Å². The predicted octanol–water partition coefficient (Wildman–Crippen LogP) is 0.329. The van der Waals surface area contributed by atoms with Crippen molar-refractivity contribution >= 4 is 91.2 Å². The highest BCUT2D eigenvalue weighted by atomic mass is 31.3. The molecule has 21 N–H and O–H groups in total. The third-order valence-corrected chi connectivity index (χ3v) is 22.8. The molecular formula is C58H86N16O18P2. The molecule has 8 heterocycles. The monoisotopic (exact) mass is 1360 g/mol. The number of nitrogens with one attached hydrogen (secondary N) is 3. The van der Waals surface area contributed by atoms with Crippen molar-refractivity contribution in [2.45, 2.75) is 175 Å². The predicted molar refractivity (Wildman–Crippen MR) is 338 cm³/mol. The van der Waals surface area contributed by atoms with Gasteiger partial charge in [-0.3, -0.25) is 71.9 Å². The van der Waals surface area contributed by atoms with Crippen LogP contribution in [0, 0.1) is 45.3 Å². The van der Waals surface area contributed by atoms with Crippen molar-refractivity contribution < 1.29 is 80.8 Å². The van der Waals surface area contributed by atoms with Crippen LogP contribution in [0.1, 0.15) is 139 Å². The minimum Gasteiger partial charge on any atom is -0.387 e. The number of carbonyl (C=O) groups is 7. The Balaban J connectivity index is 1.13. The number of hydrogen-bond donors (Lipinski definition) is 14. The Morgan fingerprint density at radius 1 is 0.798 bits per heavy atom. The van der Waals surface area contributed by atoms with Gasteiger partial charge in [-0.15, -0.1) is 0 Å². The fourth-order valence-electron chi connectivity index (χ4n) is 15.1. The van der Waals surface area contributed by atoms with Crippen LogP contribution < -0.4 is 56.3 Å². The highest BCUT2D eigenvalue weighted by Gasteiger charge is 2.66. The van der Waals surface area contributed by atoms with E-state index in [1.165, 1.54) is 6.92 Å². The molecule has 6 aliphatic heterocycles. The molecule has 2 aromatic heterocycles. The topological polar surface area (TPSA) is 578 Å². The molecule has 0 radical (unpaired) electrons. The first-order valence-electron chi connectivity index (χ1n) is 30.6. The van der Waals surface area contributed by atoms with E-state index in [0.29, 0.717) is 45.4 Å². The van der Waals surface area contributed by atoms with Crippen LogP contribution in [0.3, 0.4) is 0 Å². The van der Waals surface area contributed by atoms with Crippen LogP contribution in [0.2, 0.25) is 0 Å². The number of anilines is 1. The SMILES string of the molecule is CC1=C2N=C(C=C3NC(=C(C)C4=NC(C)(C5N=C1C(C)(CCC(=O)NCC(C)OP(=O)(O)OP(=O)(O)OCC1OC(n6cnc7c(=O)[nH]c(N)nc76)C(O)C1O)C5CC(N)=O)C(C)(CC(N)=O)C4CCC(N)=O)C(C)(CC(N)=O)C3CCC(N)=O)C(C)(C)C2CCC(N)=O. The number of aromatic nitrogens is 4. The number of fused-ring (bicyclic) bond motifs is 7. The van der Waals surface area contributed by atoms with Gasteiger partial charge >= 0.3 is 15.6 Å². The number of primary amides is 6. The summed E-state index contributed by atoms with van der Waals surface area (Å²) in [7, 11) is -11.1. The van der Waals surface area contributed by atoms with Crippen LogP contribution >= 0.6 is 15.6 Å². The van der Waals surface area contributed by atoms with Crippen molar-refractivity contribution in [1.29, 1.82) is 0 Å². The maximum atomic E-state index is 14.3. The Morgan fingerprint density at radius 2 is 1.40 bits per heavy atom. The largest absolute Gasteiger partial charge is 0.481 e. The van der Waals surface area contributed by atoms with E-state index >= 15 is 0 Å². The van der Waals surface area contributed by atoms with Gasteiger partial charge in [0, 0.05) is 131 Å². The van der Waals surface area contributed by atoms with Crippen molar-refractivity contribution in [3.63, 3.8) is 0 Å². The molecule has 0 saturated carbocycles. The fourth-order valence-corrected chi connectivity index (χ4v) is 17.4. The van der Waals surface area contributed by atoms with Crippen LogP contribution in [0.15, 0.2) is 60.4 Å². The number of ether oxygens (including phenoxy) is 1. The van der Waals surface area contributed by atoms with Crippen LogP contribution in [0.4, 0.5) is 5.95 Å². The van der Waals surface area contributed by atoms with Gasteiger partial charge in [-0.1, -0.05) is 34.6 Å². The molecule has 2 fully saturated rings. The molecule has 36 heteroatoms. The number of imidazole rings is 1. The number of H-pyrrole nitrogens is 1. The first-order valence-corrected chi connectivity index (χ1v) is 33.6. The number of nitrogen functional groups attached to an aromatic ring is 1. The number of nitrogens with two attached hydrogens (primary N) is 7. The van der Waals surface area contributed by atoms with E-state index in [9.17, 15) is 67.5 Å². The number of rotatable bonds is 28. The van der Waals surface area contributed by atoms with Crippen molar-refractivity contribution in [3.8, 4) is 0 Å². The van der Waals surface area contributed by atoms with Crippen molar-refractivity contribution in [2.75, 3.05) is 18.9 Å². The van der Waals surface area contributed by atoms with Gasteiger partial charge in [-0.25, -0.2) is 14.1 Å². The van der Waals surface area contributed by atoms with Crippen molar-refractivity contribution in [3.05, 3.63) is 51.0 Å². The van der Waals surface area contributed by atoms with E-state index < -0.39 is 163 Å². The molecule has 2 aromatic rings. The normalized spacial score (nSPS) is 31.9. The lowest BCUT2D eigenvalue weighted by Crippen LogP contribution is -2.56. The first-order chi connectivity index (χ1) is 43.5. The lowest BCUT2D eigenvalue weighted by atomic mass is 9.55. The maximum Gasteiger partial charge on any atom is 0.481 e. The Kier molecular flexibility index (Phi) is 20.5. The van der Waals surface area contributed by atoms with E-state index in [2.05, 4.69) is 29.9 Å². The maximum absolute atomic E-state index is 14.3. The number of carbonyl (C=O) groups excluding carboxylic acids is 7. The van der Waals surface area contributed by atoms with Gasteiger partial charge in [0.1, 0.15) is 18.3 Å². The summed E-state index contributed by atoms with van der Waals surface area (Å²) in [5, 5.41) is 27.8. The van der Waals surface area contributed by atoms with Crippen LogP contribution in [-0.2, 0) is 60.8 Å². The summed E-state index contributed by atoms with van der Waals surface area (Å²) >= 11 is 0. The number of aliphatic imine (C=N–C) groups is 3. The van der Waals surface area contributed by atoms with Crippen LogP contribution in [-0.4, -0.2) is 147 Å². The van der Waals surface area contributed by atoms with E-state index in [1.54, 1.807) is 34.6 Å². The highest BCUT2D eigenvalue weighted by molar-refractivity contribution is 7.61. The molecule has 8 rings (SSSR count). The molecule has 0 aromatic carbocycles. The minimum absolute atomic E-state index is 0.0310. The number of nitrogens with zero attached hydrogens (tertiary/aromatic N) is 6. The van der Waals surface area contributed by atoms with Gasteiger partial charge in [-0.2, -0.15) is 9.29 Å². The van der Waals surface area contributed by atoms with Gasteiger partial charge in [0.05, 0.1) is 30.6 Å². The molecule has 0 spiro atoms. The second-order valence-electron chi connectivity index (χ2n) is 26.9. The second-order valence-corrected chi connectivity index (χ2v) is 29.9. The minimum atomic E-state index is -5.56. The van der Waals surface area contributed by atoms with Crippen molar-refractivity contribution in [2.24, 2.45) is 94.7 Å². The lowest BCUT2D eigenvalue weighted by Gasteiger charge is -2.48. The van der Waals surface area contributed by atoms with Gasteiger partial charge in [0.2, 0.25) is 47.3 Å². The van der Waals surface area contributed by atoms with E-state index in [-0.39, 0.29) is 87.7 Å². The Morgan fingerprint density at radius 3 is 2.00 bits per heavy atom. The van der Waals surface area contributed by atoms with Gasteiger partial charge in [0.25, 0.3) is 5.56 Å². The number of phosphoric acid groups is 2. The average molecular weight is 1360 g/mol. The van der Waals surface area contributed by atoms with Crippen LogP contribution in [0.5, 0.6) is 0 Å². The van der Waals surface area contributed by atoms with E-state index in [4.69, 9.17) is 68.9 Å². The van der Waals surface area contributed by atoms with E-state index in [1.807, 2.05) is 26.8 Å². The molecule has 2 saturated heterocycles. The quantitative estimate of drug-likeness (QED) is 0.0510. The molecule has 516 valence electrons. The standard InChI is InChI=1S/C58H86N16O18P2/c1-25(91-94(87,88)92-93(85,86)89-23-33-45(82)46(83)52(90-33)74-24-67-44-50(74)71-53(65)72-51(44)84)22-66-41(81)16-17-55(6)31(18-38(62)78)49-58(9)57(8,21-40(64)80)30(12-15-37(61)77)43(73-58)27(3)48-56(7,20-39(63)79)28(10-13-35(59)75)32(68-48)19-34-54(4,5)29(11-14-36(60)76)42(69-34)26(2)47(55)70-49/h19,24-25,28-31,33,45-46,49,52,68,82-83H,10-18,20-23H2,1-9H3,(H2,59,75)(H2,60,76)(H2,61,77)(H2,62,78)(H2,63,79)(H2,64,80)(H,66,81)(H,85,86)(H,87,88)(H3,65,71,72,84). The number of aliphatic hydroxyl groups is 2. The molecule has 7 amide bonds. The molecule has 94 heavy (non-hydrogen) atoms. The molecule has 34 nitrogen and oxygen atoms in total. The molecule has 0 aliphatic carbocycles. The number of allylic oxidation sites excluding steroid dienone is 6. The summed E-state index contributed by atoms with van der Waals surface area (Å²) in [5.74, 6) is -7.99. The first kappa shape index (κ1) is 72.4. The highest BCUT2D eigenvalue weighted by Crippen LogP contribution is 2.64. The number of amides is 7. The zero-order chi connectivity index (χ0) is 69.9. The summed E-state index contributed by atoms with van der Waals surface area (Å²) in [5.41, 5.74) is 38.1. The zero-order valence-corrected chi connectivity index (χ0v) is 55.5. The number of aliphatic hydroxyl groups excluding tert-OH is 2. The summed E-state index contributed by atoms with van der Waals surface area (Å²) in [6.45, 7) is 14.4. The average Bonchev–Trinajstić information content (AvgIpc) is 1.53. The van der Waals surface area contributed by atoms with Gasteiger partial charge in [-0.05, 0) is 70.6 Å². The molecule has 16 atom stereocenters. The molecule has 6 aliphatic rings. The van der Waals surface area contributed by atoms with Gasteiger partial charge < -0.3 is 75.5 Å². The number of phosphoric ester groups is 2. The Hall–Kier alpha value is -7.39. The molecular weight excluding hydrogens is 1270 g/mol. The number of hydrogen-bond acceptors (Lipinski definition) is 23. The smallest absolute Gasteiger partial charge is 0.387 e. The Labute approximate surface area is 540 Å². The Bertz CT molecular complexity index is 3820. The second kappa shape index (κ2) is 26.7. The van der Waals surface area contributed by atoms with Crippen LogP contribution in [0.25, 0.3) is 11.2 Å². The third-order valence-electron chi connectivity index (χ3n) is 20.1. The zero-order valence-electron chi connectivity index (χ0n) is 53.7. The van der Waals surface area contributed by atoms with Crippen molar-refractivity contribution in [1.82, 2.24) is 30.2 Å². The summed E-state index contributed by atoms with van der Waals surface area (Å²) in [4.78, 5) is 154. The number of aromatic amines is 1. The summed E-state index contributed by atoms with van der Waals surface area (Å²) < 4.78 is 47.7.